The third-order valence-corrected chi connectivity index (χ3v) is 2.39. The lowest BCUT2D eigenvalue weighted by Crippen LogP contribution is -2.10. The highest BCUT2D eigenvalue weighted by molar-refractivity contribution is 5.80. The lowest BCUT2D eigenvalue weighted by molar-refractivity contribution is 0.175. The van der Waals surface area contributed by atoms with E-state index in [9.17, 15) is 5.11 Å². The Hall–Kier alpha value is -1.28. The highest BCUT2D eigenvalue weighted by atomic mass is 16.3. The first-order chi connectivity index (χ1) is 6.66. The molecule has 2 aromatic rings. The van der Waals surface area contributed by atoms with Gasteiger partial charge in [-0.2, -0.15) is 0 Å². The van der Waals surface area contributed by atoms with Gasteiger partial charge in [-0.3, -0.25) is 0 Å². The molecule has 0 amide bonds. The molecule has 1 atom stereocenters. The highest BCUT2D eigenvalue weighted by Gasteiger charge is 2.03. The zero-order valence-corrected chi connectivity index (χ0v) is 8.57. The largest absolute Gasteiger partial charge is 0.392 e. The van der Waals surface area contributed by atoms with E-state index in [0.717, 1.165) is 0 Å². The molecule has 1 aromatic heterocycles. The van der Waals surface area contributed by atoms with Crippen LogP contribution in [0.1, 0.15) is 12.5 Å². The van der Waals surface area contributed by atoms with Crippen LogP contribution in [0.25, 0.3) is 10.9 Å². The van der Waals surface area contributed by atoms with Gasteiger partial charge in [-0.15, -0.1) is 0 Å². The molecule has 0 aliphatic carbocycles. The van der Waals surface area contributed by atoms with Gasteiger partial charge in [0.25, 0.3) is 0 Å². The van der Waals surface area contributed by atoms with Gasteiger partial charge in [-0.05, 0) is 36.9 Å². The van der Waals surface area contributed by atoms with Crippen LogP contribution in [0.4, 0.5) is 0 Å². The summed E-state index contributed by atoms with van der Waals surface area (Å²) in [4.78, 5) is 0. The maximum Gasteiger partial charge on any atom is 0.0691 e. The molecule has 0 fully saturated rings. The van der Waals surface area contributed by atoms with Crippen LogP contribution in [0.5, 0.6) is 0 Å². The van der Waals surface area contributed by atoms with Crippen LogP contribution in [0.2, 0.25) is 0 Å². The lowest BCUT2D eigenvalue weighted by atomic mass is 10.2. The molecule has 0 saturated carbocycles. The van der Waals surface area contributed by atoms with Crippen molar-refractivity contribution in [2.24, 2.45) is 0 Å². The van der Waals surface area contributed by atoms with Crippen LogP contribution in [-0.2, 0) is 6.54 Å². The number of aliphatic hydroxyl groups is 1. The minimum Gasteiger partial charge on any atom is -0.392 e. The van der Waals surface area contributed by atoms with Crippen LogP contribution >= 0.6 is 0 Å². The lowest BCUT2D eigenvalue weighted by Gasteiger charge is -2.07. The van der Waals surface area contributed by atoms with Crippen molar-refractivity contribution in [3.05, 3.63) is 36.0 Å². The van der Waals surface area contributed by atoms with Gasteiger partial charge in [0, 0.05) is 18.3 Å². The Labute approximate surface area is 83.8 Å². The van der Waals surface area contributed by atoms with Gasteiger partial charge < -0.3 is 9.67 Å². The van der Waals surface area contributed by atoms with E-state index in [1.54, 1.807) is 0 Å². The summed E-state index contributed by atoms with van der Waals surface area (Å²) >= 11 is 0. The monoisotopic (exact) mass is 189 g/mol. The fraction of sp³-hybridized carbons (Fsp3) is 0.333. The second-order valence-electron chi connectivity index (χ2n) is 3.88. The second-order valence-corrected chi connectivity index (χ2v) is 3.88. The molecule has 0 spiro atoms. The zero-order chi connectivity index (χ0) is 10.1. The fourth-order valence-corrected chi connectivity index (χ4v) is 1.74. The number of nitrogens with zero attached hydrogens (tertiary/aromatic N) is 1. The average molecular weight is 189 g/mol. The molecule has 0 saturated heterocycles. The molecule has 14 heavy (non-hydrogen) atoms. The van der Waals surface area contributed by atoms with Gasteiger partial charge in [0.2, 0.25) is 0 Å². The predicted octanol–water partition coefficient (Wildman–Crippen LogP) is 2.33. The topological polar surface area (TPSA) is 25.2 Å². The molecular weight excluding hydrogens is 174 g/mol. The molecule has 1 aromatic carbocycles. The highest BCUT2D eigenvalue weighted by Crippen LogP contribution is 2.17. The summed E-state index contributed by atoms with van der Waals surface area (Å²) < 4.78 is 2.09. The van der Waals surface area contributed by atoms with Gasteiger partial charge >= 0.3 is 0 Å². The predicted molar refractivity (Wildman–Crippen MR) is 58.4 cm³/mol. The zero-order valence-electron chi connectivity index (χ0n) is 8.57. The van der Waals surface area contributed by atoms with E-state index in [1.165, 1.54) is 16.5 Å². The molecule has 0 aliphatic heterocycles. The number of rotatable bonds is 2. The Bertz CT molecular complexity index is 443. The number of aliphatic hydroxyl groups excluding tert-OH is 1. The summed E-state index contributed by atoms with van der Waals surface area (Å²) in [6.45, 7) is 4.55. The third kappa shape index (κ3) is 1.66. The van der Waals surface area contributed by atoms with Crippen LogP contribution in [0.15, 0.2) is 30.5 Å². The Morgan fingerprint density at radius 2 is 2.14 bits per heavy atom. The summed E-state index contributed by atoms with van der Waals surface area (Å²) in [6, 6.07) is 8.45. The van der Waals surface area contributed by atoms with Crippen molar-refractivity contribution in [3.8, 4) is 0 Å². The molecule has 0 radical (unpaired) electrons. The van der Waals surface area contributed by atoms with Gasteiger partial charge in [-0.25, -0.2) is 0 Å². The normalized spacial score (nSPS) is 13.4. The number of aromatic nitrogens is 1. The molecule has 1 N–H and O–H groups in total. The van der Waals surface area contributed by atoms with Gasteiger partial charge in [-0.1, -0.05) is 12.1 Å². The Balaban J connectivity index is 2.50. The molecule has 2 rings (SSSR count). The van der Waals surface area contributed by atoms with Gasteiger partial charge in [0.05, 0.1) is 6.10 Å². The van der Waals surface area contributed by atoms with Crippen molar-refractivity contribution in [2.45, 2.75) is 26.5 Å². The minimum atomic E-state index is -0.300. The molecule has 74 valence electrons. The number of benzene rings is 1. The first kappa shape index (κ1) is 9.28. The van der Waals surface area contributed by atoms with E-state index in [0.29, 0.717) is 6.54 Å². The molecular formula is C12H15NO. The van der Waals surface area contributed by atoms with Crippen molar-refractivity contribution in [1.29, 1.82) is 0 Å². The van der Waals surface area contributed by atoms with Crippen molar-refractivity contribution in [2.75, 3.05) is 0 Å². The molecule has 1 heterocycles. The van der Waals surface area contributed by atoms with Crippen LogP contribution in [-0.4, -0.2) is 15.8 Å². The van der Waals surface area contributed by atoms with Crippen LogP contribution < -0.4 is 0 Å². The van der Waals surface area contributed by atoms with E-state index < -0.39 is 0 Å². The van der Waals surface area contributed by atoms with Crippen molar-refractivity contribution >= 4 is 10.9 Å². The number of aryl methyl sites for hydroxylation is 1. The summed E-state index contributed by atoms with van der Waals surface area (Å²) in [5.41, 5.74) is 2.45. The van der Waals surface area contributed by atoms with Crippen molar-refractivity contribution in [3.63, 3.8) is 0 Å². The van der Waals surface area contributed by atoms with Crippen LogP contribution in [0.3, 0.4) is 0 Å². The van der Waals surface area contributed by atoms with E-state index in [2.05, 4.69) is 35.8 Å². The summed E-state index contributed by atoms with van der Waals surface area (Å²) in [7, 11) is 0. The Morgan fingerprint density at radius 1 is 1.36 bits per heavy atom. The fourth-order valence-electron chi connectivity index (χ4n) is 1.74. The standard InChI is InChI=1S/C12H15NO/c1-9-3-4-11-5-6-13(8-10(2)14)12(11)7-9/h3-7,10,14H,8H2,1-2H3/t10-/m0/s1. The summed E-state index contributed by atoms with van der Waals surface area (Å²) in [5, 5.41) is 10.6. The molecule has 0 unspecified atom stereocenters. The molecule has 0 bridgehead atoms. The van der Waals surface area contributed by atoms with E-state index in [-0.39, 0.29) is 6.10 Å². The maximum atomic E-state index is 9.33. The van der Waals surface area contributed by atoms with Gasteiger partial charge in [0.15, 0.2) is 0 Å². The quantitative estimate of drug-likeness (QED) is 0.770. The van der Waals surface area contributed by atoms with Gasteiger partial charge in [0.1, 0.15) is 0 Å². The number of hydrogen-bond acceptors (Lipinski definition) is 1. The second kappa shape index (κ2) is 3.46. The summed E-state index contributed by atoms with van der Waals surface area (Å²) in [5.74, 6) is 0. The number of hydrogen-bond donors (Lipinski definition) is 1. The van der Waals surface area contributed by atoms with E-state index in [1.807, 2.05) is 13.1 Å². The van der Waals surface area contributed by atoms with Crippen molar-refractivity contribution < 1.29 is 5.11 Å². The number of fused-ring (bicyclic) bond motifs is 1. The minimum absolute atomic E-state index is 0.300. The third-order valence-electron chi connectivity index (χ3n) is 2.39. The molecule has 0 aliphatic rings. The first-order valence-electron chi connectivity index (χ1n) is 4.90. The maximum absolute atomic E-state index is 9.33. The van der Waals surface area contributed by atoms with E-state index in [4.69, 9.17) is 0 Å². The van der Waals surface area contributed by atoms with E-state index >= 15 is 0 Å². The Morgan fingerprint density at radius 3 is 2.86 bits per heavy atom. The Kier molecular flexibility index (Phi) is 2.30. The molecule has 2 nitrogen and oxygen atoms in total. The average Bonchev–Trinajstić information content (AvgIpc) is 2.47. The first-order valence-corrected chi connectivity index (χ1v) is 4.90. The van der Waals surface area contributed by atoms with Crippen LogP contribution in [0, 0.1) is 6.92 Å². The molecule has 2 heteroatoms. The summed E-state index contributed by atoms with van der Waals surface area (Å²) in [6.07, 6.45) is 1.72. The SMILES string of the molecule is Cc1ccc2ccn(C[C@H](C)O)c2c1. The van der Waals surface area contributed by atoms with Crippen molar-refractivity contribution in [1.82, 2.24) is 4.57 Å². The smallest absolute Gasteiger partial charge is 0.0691 e.